The van der Waals surface area contributed by atoms with Gasteiger partial charge in [0.1, 0.15) is 5.66 Å². The highest BCUT2D eigenvalue weighted by Crippen LogP contribution is 2.44. The molecular formula is C31H28N6. The van der Waals surface area contributed by atoms with Crippen molar-refractivity contribution in [1.29, 1.82) is 0 Å². The minimum Gasteiger partial charge on any atom is -0.363 e. The molecule has 5 aromatic carbocycles. The molecule has 0 unspecified atom stereocenters. The molecule has 0 fully saturated rings. The van der Waals surface area contributed by atoms with Crippen molar-refractivity contribution in [1.82, 2.24) is 0 Å². The van der Waals surface area contributed by atoms with E-state index in [9.17, 15) is 0 Å². The zero-order valence-electron chi connectivity index (χ0n) is 21.4. The summed E-state index contributed by atoms with van der Waals surface area (Å²) < 4.78 is 0. The van der Waals surface area contributed by atoms with Crippen molar-refractivity contribution in [3.05, 3.63) is 96.6 Å². The minimum atomic E-state index is -0.179. The highest BCUT2D eigenvalue weighted by molar-refractivity contribution is 6.10. The monoisotopic (exact) mass is 484 g/mol. The van der Waals surface area contributed by atoms with Crippen LogP contribution in [0.3, 0.4) is 0 Å². The van der Waals surface area contributed by atoms with E-state index in [-0.39, 0.29) is 5.66 Å². The van der Waals surface area contributed by atoms with E-state index in [1.54, 1.807) is 0 Å². The van der Waals surface area contributed by atoms with Crippen LogP contribution in [0.1, 0.15) is 19.4 Å². The highest BCUT2D eigenvalue weighted by atomic mass is 15.3. The minimum absolute atomic E-state index is 0.179. The van der Waals surface area contributed by atoms with Crippen molar-refractivity contribution < 1.29 is 0 Å². The maximum absolute atomic E-state index is 4.71. The fourth-order valence-electron chi connectivity index (χ4n) is 4.91. The summed E-state index contributed by atoms with van der Waals surface area (Å²) >= 11 is 0. The van der Waals surface area contributed by atoms with Gasteiger partial charge in [0, 0.05) is 40.0 Å². The highest BCUT2D eigenvalue weighted by Gasteiger charge is 2.30. The van der Waals surface area contributed by atoms with Crippen LogP contribution in [0.25, 0.3) is 21.5 Å². The van der Waals surface area contributed by atoms with Crippen molar-refractivity contribution in [2.45, 2.75) is 26.4 Å². The maximum Gasteiger partial charge on any atom is 0.104 e. The zero-order valence-corrected chi connectivity index (χ0v) is 21.4. The molecule has 0 radical (unpaired) electrons. The van der Waals surface area contributed by atoms with Crippen molar-refractivity contribution in [3.8, 4) is 0 Å². The first-order chi connectivity index (χ1) is 17.9. The normalized spacial score (nSPS) is 14.6. The lowest BCUT2D eigenvalue weighted by atomic mass is 9.98. The fourth-order valence-corrected chi connectivity index (χ4v) is 4.91. The van der Waals surface area contributed by atoms with Gasteiger partial charge in [-0.3, -0.25) is 0 Å². The van der Waals surface area contributed by atoms with Crippen molar-refractivity contribution in [2.75, 3.05) is 17.3 Å². The Morgan fingerprint density at radius 2 is 1.24 bits per heavy atom. The van der Waals surface area contributed by atoms with Crippen LogP contribution in [0.2, 0.25) is 0 Å². The number of nitrogens with zero attached hydrogens (tertiary/aromatic N) is 5. The molecular weight excluding hydrogens is 456 g/mol. The smallest absolute Gasteiger partial charge is 0.104 e. The zero-order chi connectivity index (χ0) is 25.6. The molecule has 1 aliphatic rings. The molecule has 182 valence electrons. The summed E-state index contributed by atoms with van der Waals surface area (Å²) in [7, 11) is 2.11. The van der Waals surface area contributed by atoms with Gasteiger partial charge in [-0.25, -0.2) is 0 Å². The van der Waals surface area contributed by atoms with Crippen LogP contribution < -0.4 is 10.2 Å². The Hall–Kier alpha value is -4.58. The van der Waals surface area contributed by atoms with Gasteiger partial charge in [0.25, 0.3) is 0 Å². The van der Waals surface area contributed by atoms with Crippen LogP contribution in [0.4, 0.5) is 34.1 Å². The van der Waals surface area contributed by atoms with Gasteiger partial charge in [-0.15, -0.1) is 15.3 Å². The molecule has 0 atom stereocenters. The maximum atomic E-state index is 4.71. The SMILES string of the molecule is Cc1cccc(N=Nc2ccc(N=Nc3ccc4c5c(cccc35)NC(C)(C)N4C)c3ccccc23)c1. The number of hydrogen-bond donors (Lipinski definition) is 1. The van der Waals surface area contributed by atoms with Crippen molar-refractivity contribution >= 4 is 55.7 Å². The molecule has 0 amide bonds. The topological polar surface area (TPSA) is 64.7 Å². The first kappa shape index (κ1) is 22.9. The summed E-state index contributed by atoms with van der Waals surface area (Å²) in [5, 5.41) is 26.3. The summed E-state index contributed by atoms with van der Waals surface area (Å²) in [6.45, 7) is 6.41. The molecule has 0 aromatic heterocycles. The number of nitrogens with one attached hydrogen (secondary N) is 1. The standard InChI is InChI=1S/C31H28N6/c1-20-9-7-10-21(19-20)33-34-25-15-16-26(23-12-6-5-11-22(23)25)35-36-27-17-18-29-30-24(27)13-8-14-28(30)32-31(2,3)37(29)4/h5-19,32H,1-4H3. The summed E-state index contributed by atoms with van der Waals surface area (Å²) in [6, 6.07) is 30.5. The Labute approximate surface area is 216 Å². The number of anilines is 2. The molecule has 1 N–H and O–H groups in total. The Bertz CT molecular complexity index is 1720. The van der Waals surface area contributed by atoms with Crippen LogP contribution in [-0.4, -0.2) is 12.7 Å². The van der Waals surface area contributed by atoms with Crippen LogP contribution in [-0.2, 0) is 0 Å². The van der Waals surface area contributed by atoms with E-state index in [0.29, 0.717) is 0 Å². The molecule has 1 aliphatic heterocycles. The van der Waals surface area contributed by atoms with Gasteiger partial charge >= 0.3 is 0 Å². The number of hydrogen-bond acceptors (Lipinski definition) is 6. The van der Waals surface area contributed by atoms with Crippen LogP contribution in [0.5, 0.6) is 0 Å². The van der Waals surface area contributed by atoms with Crippen molar-refractivity contribution in [3.63, 3.8) is 0 Å². The van der Waals surface area contributed by atoms with Crippen LogP contribution >= 0.6 is 0 Å². The molecule has 6 heteroatoms. The van der Waals surface area contributed by atoms with Crippen LogP contribution in [0.15, 0.2) is 111 Å². The van der Waals surface area contributed by atoms with E-state index in [4.69, 9.17) is 10.2 Å². The van der Waals surface area contributed by atoms with Gasteiger partial charge in [0.2, 0.25) is 0 Å². The van der Waals surface area contributed by atoms with Crippen LogP contribution in [0, 0.1) is 6.92 Å². The molecule has 1 heterocycles. The number of fused-ring (bicyclic) bond motifs is 1. The molecule has 6 nitrogen and oxygen atoms in total. The molecule has 37 heavy (non-hydrogen) atoms. The second-order valence-corrected chi connectivity index (χ2v) is 9.96. The number of azo groups is 2. The summed E-state index contributed by atoms with van der Waals surface area (Å²) in [6.07, 6.45) is 0. The summed E-state index contributed by atoms with van der Waals surface area (Å²) in [4.78, 5) is 2.26. The Morgan fingerprint density at radius 1 is 0.649 bits per heavy atom. The van der Waals surface area contributed by atoms with Gasteiger partial charge in [-0.05, 0) is 68.8 Å². The molecule has 5 aromatic rings. The molecule has 0 aliphatic carbocycles. The third kappa shape index (κ3) is 4.10. The van der Waals surface area contributed by atoms with E-state index in [0.717, 1.165) is 55.5 Å². The lowest BCUT2D eigenvalue weighted by molar-refractivity contribution is 0.552. The van der Waals surface area contributed by atoms with Crippen molar-refractivity contribution in [2.24, 2.45) is 20.5 Å². The van der Waals surface area contributed by atoms with Gasteiger partial charge < -0.3 is 10.2 Å². The number of benzene rings is 5. The quantitative estimate of drug-likeness (QED) is 0.258. The Kier molecular flexibility index (Phi) is 5.45. The van der Waals surface area contributed by atoms with E-state index >= 15 is 0 Å². The largest absolute Gasteiger partial charge is 0.363 e. The average Bonchev–Trinajstić information content (AvgIpc) is 2.90. The lowest BCUT2D eigenvalue weighted by Crippen LogP contribution is -2.50. The number of rotatable bonds is 4. The number of aryl methyl sites for hydroxylation is 1. The molecule has 0 spiro atoms. The fraction of sp³-hybridized carbons (Fsp3) is 0.161. The van der Waals surface area contributed by atoms with E-state index in [2.05, 4.69) is 71.7 Å². The Morgan fingerprint density at radius 3 is 1.95 bits per heavy atom. The second-order valence-electron chi connectivity index (χ2n) is 9.96. The third-order valence-electron chi connectivity index (χ3n) is 7.05. The molecule has 0 bridgehead atoms. The first-order valence-corrected chi connectivity index (χ1v) is 12.4. The lowest BCUT2D eigenvalue weighted by Gasteiger charge is -2.43. The third-order valence-corrected chi connectivity index (χ3v) is 7.05. The molecule has 6 rings (SSSR count). The van der Waals surface area contributed by atoms with Gasteiger partial charge in [0.15, 0.2) is 0 Å². The summed E-state index contributed by atoms with van der Waals surface area (Å²) in [5.41, 5.74) is 6.53. The van der Waals surface area contributed by atoms with Gasteiger partial charge in [-0.1, -0.05) is 48.5 Å². The summed E-state index contributed by atoms with van der Waals surface area (Å²) in [5.74, 6) is 0. The van der Waals surface area contributed by atoms with E-state index < -0.39 is 0 Å². The Balaban J connectivity index is 1.39. The second kappa shape index (κ2) is 8.82. The van der Waals surface area contributed by atoms with E-state index in [1.807, 2.05) is 67.6 Å². The predicted molar refractivity (Wildman–Crippen MR) is 154 cm³/mol. The van der Waals surface area contributed by atoms with Gasteiger partial charge in [0.05, 0.1) is 22.7 Å². The predicted octanol–water partition coefficient (Wildman–Crippen LogP) is 9.73. The van der Waals surface area contributed by atoms with E-state index in [1.165, 1.54) is 5.69 Å². The molecule has 0 saturated heterocycles. The average molecular weight is 485 g/mol. The first-order valence-electron chi connectivity index (χ1n) is 12.4. The molecule has 0 saturated carbocycles. The van der Waals surface area contributed by atoms with Gasteiger partial charge in [-0.2, -0.15) is 5.11 Å².